The van der Waals surface area contributed by atoms with Crippen LogP contribution in [-0.2, 0) is 4.79 Å². The van der Waals surface area contributed by atoms with Crippen LogP contribution in [0.4, 0.5) is 5.13 Å². The van der Waals surface area contributed by atoms with Gasteiger partial charge in [0.05, 0.1) is 13.2 Å². The molecule has 1 aliphatic rings. The molecule has 0 radical (unpaired) electrons. The number of anilines is 1. The summed E-state index contributed by atoms with van der Waals surface area (Å²) in [7, 11) is 1.59. The lowest BCUT2D eigenvalue weighted by molar-refractivity contribution is -0.111. The van der Waals surface area contributed by atoms with Crippen molar-refractivity contribution in [2.75, 3.05) is 12.4 Å². The van der Waals surface area contributed by atoms with Gasteiger partial charge in [0, 0.05) is 12.0 Å². The van der Waals surface area contributed by atoms with Gasteiger partial charge in [0.15, 0.2) is 11.5 Å². The van der Waals surface area contributed by atoms with E-state index >= 15 is 0 Å². The summed E-state index contributed by atoms with van der Waals surface area (Å²) >= 11 is 1.44. The zero-order valence-corrected chi connectivity index (χ0v) is 15.3. The number of benzene rings is 1. The number of nitrogens with zero attached hydrogens (tertiary/aromatic N) is 2. The van der Waals surface area contributed by atoms with Crippen LogP contribution in [0.2, 0.25) is 0 Å². The summed E-state index contributed by atoms with van der Waals surface area (Å²) in [5, 5.41) is 12.4. The lowest BCUT2D eigenvalue weighted by Crippen LogP contribution is -2.07. The van der Waals surface area contributed by atoms with Crippen molar-refractivity contribution in [3.8, 4) is 11.5 Å². The van der Waals surface area contributed by atoms with E-state index in [-0.39, 0.29) is 12.0 Å². The fraction of sp³-hybridized carbons (Fsp3) is 0.389. The van der Waals surface area contributed by atoms with Crippen molar-refractivity contribution < 1.29 is 14.3 Å². The number of carbonyl (C=O) groups is 1. The average Bonchev–Trinajstić information content (AvgIpc) is 3.33. The Morgan fingerprint density at radius 1 is 1.32 bits per heavy atom. The molecule has 1 saturated carbocycles. The van der Waals surface area contributed by atoms with Gasteiger partial charge in [0.25, 0.3) is 0 Å². The van der Waals surface area contributed by atoms with E-state index in [0.717, 1.165) is 10.6 Å². The highest BCUT2D eigenvalue weighted by molar-refractivity contribution is 7.15. The SMILES string of the molecule is COc1cc(/C=C/C(=O)Nc2nnc(C3CC3)s2)ccc1OC(C)C. The first-order valence-electron chi connectivity index (χ1n) is 8.22. The van der Waals surface area contributed by atoms with Crippen LogP contribution in [0.5, 0.6) is 11.5 Å². The molecule has 0 aliphatic heterocycles. The van der Waals surface area contributed by atoms with Gasteiger partial charge in [-0.15, -0.1) is 10.2 Å². The molecule has 7 heteroatoms. The van der Waals surface area contributed by atoms with Crippen molar-refractivity contribution in [3.05, 3.63) is 34.8 Å². The standard InChI is InChI=1S/C18H21N3O3S/c1-11(2)24-14-8-4-12(10-15(14)23-3)5-9-16(22)19-18-21-20-17(25-18)13-6-7-13/h4-5,8-11,13H,6-7H2,1-3H3,(H,19,21,22)/b9-5+. The van der Waals surface area contributed by atoms with Crippen molar-refractivity contribution >= 4 is 28.5 Å². The van der Waals surface area contributed by atoms with E-state index < -0.39 is 0 Å². The molecule has 1 fully saturated rings. The van der Waals surface area contributed by atoms with E-state index in [4.69, 9.17) is 9.47 Å². The second-order valence-electron chi connectivity index (χ2n) is 6.12. The third-order valence-corrected chi connectivity index (χ3v) is 4.58. The molecule has 25 heavy (non-hydrogen) atoms. The van der Waals surface area contributed by atoms with Gasteiger partial charge in [-0.1, -0.05) is 17.4 Å². The first-order chi connectivity index (χ1) is 12.0. The normalized spacial score (nSPS) is 14.1. The molecule has 1 amide bonds. The van der Waals surface area contributed by atoms with Crippen molar-refractivity contribution in [2.24, 2.45) is 0 Å². The Kier molecular flexibility index (Phi) is 5.33. The third-order valence-electron chi connectivity index (χ3n) is 3.57. The Hall–Kier alpha value is -2.41. The summed E-state index contributed by atoms with van der Waals surface area (Å²) in [6, 6.07) is 5.54. The molecule has 0 bridgehead atoms. The smallest absolute Gasteiger partial charge is 0.250 e. The van der Waals surface area contributed by atoms with E-state index in [2.05, 4.69) is 15.5 Å². The Balaban J connectivity index is 1.62. The van der Waals surface area contributed by atoms with Gasteiger partial charge in [0.2, 0.25) is 11.0 Å². The van der Waals surface area contributed by atoms with E-state index in [0.29, 0.717) is 22.5 Å². The van der Waals surface area contributed by atoms with E-state index in [9.17, 15) is 4.79 Å². The van der Waals surface area contributed by atoms with Crippen LogP contribution in [0.3, 0.4) is 0 Å². The molecule has 1 aromatic carbocycles. The molecule has 1 N–H and O–H groups in total. The monoisotopic (exact) mass is 359 g/mol. The number of aromatic nitrogens is 2. The number of carbonyl (C=O) groups excluding carboxylic acids is 1. The molecular weight excluding hydrogens is 338 g/mol. The predicted molar refractivity (Wildman–Crippen MR) is 98.3 cm³/mol. The molecule has 1 aliphatic carbocycles. The average molecular weight is 359 g/mol. The van der Waals surface area contributed by atoms with Crippen molar-refractivity contribution in [1.82, 2.24) is 10.2 Å². The number of nitrogens with one attached hydrogen (secondary N) is 1. The maximum atomic E-state index is 12.0. The Morgan fingerprint density at radius 3 is 2.80 bits per heavy atom. The number of hydrogen-bond donors (Lipinski definition) is 1. The highest BCUT2D eigenvalue weighted by Gasteiger charge is 2.27. The summed E-state index contributed by atoms with van der Waals surface area (Å²) in [5.41, 5.74) is 0.846. The van der Waals surface area contributed by atoms with Crippen molar-refractivity contribution in [1.29, 1.82) is 0 Å². The van der Waals surface area contributed by atoms with Crippen LogP contribution in [0, 0.1) is 0 Å². The van der Waals surface area contributed by atoms with Gasteiger partial charge in [-0.3, -0.25) is 10.1 Å². The highest BCUT2D eigenvalue weighted by Crippen LogP contribution is 2.42. The molecule has 132 valence electrons. The molecule has 0 unspecified atom stereocenters. The van der Waals surface area contributed by atoms with Crippen LogP contribution in [0.1, 0.15) is 43.2 Å². The van der Waals surface area contributed by atoms with Crippen LogP contribution in [-0.4, -0.2) is 29.3 Å². The Labute approximate surface area is 150 Å². The van der Waals surface area contributed by atoms with Gasteiger partial charge in [-0.05, 0) is 50.5 Å². The third kappa shape index (κ3) is 4.79. The number of ether oxygens (including phenoxy) is 2. The lowest BCUT2D eigenvalue weighted by atomic mass is 10.2. The highest BCUT2D eigenvalue weighted by atomic mass is 32.1. The van der Waals surface area contributed by atoms with Crippen molar-refractivity contribution in [2.45, 2.75) is 38.7 Å². The minimum Gasteiger partial charge on any atom is -0.493 e. The fourth-order valence-corrected chi connectivity index (χ4v) is 3.15. The first-order valence-corrected chi connectivity index (χ1v) is 9.04. The molecule has 0 spiro atoms. The lowest BCUT2D eigenvalue weighted by Gasteiger charge is -2.13. The van der Waals surface area contributed by atoms with E-state index in [1.54, 1.807) is 13.2 Å². The largest absolute Gasteiger partial charge is 0.493 e. The maximum Gasteiger partial charge on any atom is 0.250 e. The van der Waals surface area contributed by atoms with Crippen LogP contribution < -0.4 is 14.8 Å². The second kappa shape index (κ2) is 7.65. The first kappa shape index (κ1) is 17.4. The van der Waals surface area contributed by atoms with Gasteiger partial charge in [0.1, 0.15) is 5.01 Å². The Morgan fingerprint density at radius 2 is 2.12 bits per heavy atom. The zero-order valence-electron chi connectivity index (χ0n) is 14.5. The number of amides is 1. The van der Waals surface area contributed by atoms with Crippen molar-refractivity contribution in [3.63, 3.8) is 0 Å². The summed E-state index contributed by atoms with van der Waals surface area (Å²) in [4.78, 5) is 12.0. The molecule has 2 aromatic rings. The van der Waals surface area contributed by atoms with E-state index in [1.807, 2.05) is 32.0 Å². The van der Waals surface area contributed by atoms with Crippen LogP contribution in [0.25, 0.3) is 6.08 Å². The molecule has 0 saturated heterocycles. The van der Waals surface area contributed by atoms with E-state index in [1.165, 1.54) is 30.3 Å². The van der Waals surface area contributed by atoms with Crippen LogP contribution >= 0.6 is 11.3 Å². The molecule has 1 heterocycles. The second-order valence-corrected chi connectivity index (χ2v) is 7.13. The topological polar surface area (TPSA) is 73.3 Å². The number of methoxy groups -OCH3 is 1. The Bertz CT molecular complexity index is 782. The van der Waals surface area contributed by atoms with Crippen LogP contribution in [0.15, 0.2) is 24.3 Å². The molecule has 6 nitrogen and oxygen atoms in total. The number of hydrogen-bond acceptors (Lipinski definition) is 6. The molecule has 1 aromatic heterocycles. The van der Waals surface area contributed by atoms with Gasteiger partial charge >= 0.3 is 0 Å². The number of rotatable bonds is 7. The summed E-state index contributed by atoms with van der Waals surface area (Å²) in [5.74, 6) is 1.62. The molecule has 3 rings (SSSR count). The molecule has 0 atom stereocenters. The van der Waals surface area contributed by atoms with Gasteiger partial charge < -0.3 is 9.47 Å². The minimum absolute atomic E-state index is 0.0634. The maximum absolute atomic E-state index is 12.0. The minimum atomic E-state index is -0.236. The summed E-state index contributed by atoms with van der Waals surface area (Å²) in [6.07, 6.45) is 5.59. The quantitative estimate of drug-likeness (QED) is 0.760. The fourth-order valence-electron chi connectivity index (χ4n) is 2.24. The van der Waals surface area contributed by atoms with Gasteiger partial charge in [-0.25, -0.2) is 0 Å². The summed E-state index contributed by atoms with van der Waals surface area (Å²) in [6.45, 7) is 3.92. The molecular formula is C18H21N3O3S. The zero-order chi connectivity index (χ0) is 17.8. The summed E-state index contributed by atoms with van der Waals surface area (Å²) < 4.78 is 11.0. The predicted octanol–water partition coefficient (Wildman–Crippen LogP) is 3.86. The van der Waals surface area contributed by atoms with Gasteiger partial charge in [-0.2, -0.15) is 0 Å².